The topological polar surface area (TPSA) is 40.2 Å². The summed E-state index contributed by atoms with van der Waals surface area (Å²) in [6.45, 7) is 3.61. The molecule has 2 N–H and O–H groups in total. The molecule has 0 radical (unpaired) electrons. The van der Waals surface area contributed by atoms with Gasteiger partial charge in [0.2, 0.25) is 0 Å². The Labute approximate surface area is 118 Å². The van der Waals surface area contributed by atoms with Crippen LogP contribution in [0.15, 0.2) is 54.6 Å². The zero-order valence-corrected chi connectivity index (χ0v) is 11.5. The molecule has 0 aliphatic carbocycles. The van der Waals surface area contributed by atoms with Crippen LogP contribution in [-0.2, 0) is 6.54 Å². The molecule has 0 aliphatic rings. The molecule has 0 fully saturated rings. The summed E-state index contributed by atoms with van der Waals surface area (Å²) in [6, 6.07) is 18.1. The Bertz CT molecular complexity index is 713. The van der Waals surface area contributed by atoms with Crippen LogP contribution in [0.4, 0.5) is 5.69 Å². The van der Waals surface area contributed by atoms with E-state index in [-0.39, 0.29) is 0 Å². The van der Waals surface area contributed by atoms with Gasteiger partial charge >= 0.3 is 0 Å². The van der Waals surface area contributed by atoms with E-state index >= 15 is 0 Å². The maximum absolute atomic E-state index is 5.76. The number of rotatable bonds is 4. The molecule has 1 aromatic heterocycles. The first-order chi connectivity index (χ1) is 9.74. The lowest BCUT2D eigenvalue weighted by Gasteiger charge is -2.10. The third-order valence-corrected chi connectivity index (χ3v) is 3.48. The third kappa shape index (κ3) is 2.48. The van der Waals surface area contributed by atoms with E-state index in [0.717, 1.165) is 18.0 Å². The molecule has 3 nitrogen and oxygen atoms in total. The molecular formula is C17H18N2O. The fourth-order valence-electron chi connectivity index (χ4n) is 2.46. The minimum absolute atomic E-state index is 0.642. The van der Waals surface area contributed by atoms with Crippen molar-refractivity contribution in [2.24, 2.45) is 0 Å². The van der Waals surface area contributed by atoms with E-state index in [4.69, 9.17) is 10.5 Å². The molecule has 3 rings (SSSR count). The summed E-state index contributed by atoms with van der Waals surface area (Å²) in [5.41, 5.74) is 8.92. The number of anilines is 1. The van der Waals surface area contributed by atoms with Gasteiger partial charge in [0.25, 0.3) is 0 Å². The van der Waals surface area contributed by atoms with Gasteiger partial charge in [-0.15, -0.1) is 0 Å². The SMILES string of the molecule is Cc1cc2ccccc2n1CCOc1ccc(N)cc1. The Kier molecular flexibility index (Phi) is 3.33. The number of aryl methyl sites for hydroxylation is 1. The highest BCUT2D eigenvalue weighted by molar-refractivity contribution is 5.81. The lowest BCUT2D eigenvalue weighted by atomic mass is 10.2. The number of nitrogens with two attached hydrogens (primary N) is 1. The molecule has 3 aromatic rings. The molecule has 20 heavy (non-hydrogen) atoms. The summed E-state index contributed by atoms with van der Waals surface area (Å²) in [4.78, 5) is 0. The van der Waals surface area contributed by atoms with Gasteiger partial charge < -0.3 is 15.0 Å². The normalized spacial score (nSPS) is 10.8. The van der Waals surface area contributed by atoms with Crippen LogP contribution in [0, 0.1) is 6.92 Å². The number of hydrogen-bond donors (Lipinski definition) is 1. The second-order valence-corrected chi connectivity index (χ2v) is 4.91. The van der Waals surface area contributed by atoms with Crippen LogP contribution in [0.3, 0.4) is 0 Å². The van der Waals surface area contributed by atoms with Crippen LogP contribution in [0.25, 0.3) is 10.9 Å². The Morgan fingerprint density at radius 2 is 1.80 bits per heavy atom. The van der Waals surface area contributed by atoms with E-state index in [1.165, 1.54) is 16.6 Å². The van der Waals surface area contributed by atoms with Gasteiger partial charge in [-0.1, -0.05) is 18.2 Å². The van der Waals surface area contributed by atoms with Crippen molar-refractivity contribution in [1.82, 2.24) is 4.57 Å². The fraction of sp³-hybridized carbons (Fsp3) is 0.176. The molecule has 2 aromatic carbocycles. The number of nitrogen functional groups attached to an aromatic ring is 1. The highest BCUT2D eigenvalue weighted by Crippen LogP contribution is 2.19. The summed E-state index contributed by atoms with van der Waals surface area (Å²) in [7, 11) is 0. The third-order valence-electron chi connectivity index (χ3n) is 3.48. The van der Waals surface area contributed by atoms with Gasteiger partial charge in [-0.25, -0.2) is 0 Å². The molecular weight excluding hydrogens is 248 g/mol. The van der Waals surface area contributed by atoms with Gasteiger partial charge in [0.05, 0.1) is 6.54 Å². The van der Waals surface area contributed by atoms with Crippen molar-refractivity contribution in [3.63, 3.8) is 0 Å². The van der Waals surface area contributed by atoms with Crippen molar-refractivity contribution in [3.05, 3.63) is 60.3 Å². The van der Waals surface area contributed by atoms with Crippen molar-refractivity contribution in [1.29, 1.82) is 0 Å². The molecule has 0 aliphatic heterocycles. The monoisotopic (exact) mass is 266 g/mol. The van der Waals surface area contributed by atoms with E-state index in [1.54, 1.807) is 0 Å². The lowest BCUT2D eigenvalue weighted by Crippen LogP contribution is -2.09. The summed E-state index contributed by atoms with van der Waals surface area (Å²) in [5, 5.41) is 1.28. The Morgan fingerprint density at radius 3 is 2.60 bits per heavy atom. The molecule has 1 heterocycles. The molecule has 3 heteroatoms. The highest BCUT2D eigenvalue weighted by Gasteiger charge is 2.04. The van der Waals surface area contributed by atoms with Gasteiger partial charge in [-0.05, 0) is 48.7 Å². The van der Waals surface area contributed by atoms with E-state index in [0.29, 0.717) is 6.61 Å². The molecule has 0 atom stereocenters. The van der Waals surface area contributed by atoms with Crippen LogP contribution < -0.4 is 10.5 Å². The predicted octanol–water partition coefficient (Wildman–Crippen LogP) is 3.61. The zero-order chi connectivity index (χ0) is 13.9. The average molecular weight is 266 g/mol. The lowest BCUT2D eigenvalue weighted by molar-refractivity contribution is 0.299. The van der Waals surface area contributed by atoms with E-state index < -0.39 is 0 Å². The summed E-state index contributed by atoms with van der Waals surface area (Å²) in [5.74, 6) is 0.855. The summed E-state index contributed by atoms with van der Waals surface area (Å²) >= 11 is 0. The fourth-order valence-corrected chi connectivity index (χ4v) is 2.46. The zero-order valence-electron chi connectivity index (χ0n) is 11.5. The predicted molar refractivity (Wildman–Crippen MR) is 83.0 cm³/mol. The quantitative estimate of drug-likeness (QED) is 0.733. The van der Waals surface area contributed by atoms with Crippen molar-refractivity contribution < 1.29 is 4.74 Å². The van der Waals surface area contributed by atoms with Crippen molar-refractivity contribution in [3.8, 4) is 5.75 Å². The van der Waals surface area contributed by atoms with Crippen LogP contribution in [-0.4, -0.2) is 11.2 Å². The largest absolute Gasteiger partial charge is 0.492 e. The Balaban J connectivity index is 1.71. The first-order valence-corrected chi connectivity index (χ1v) is 6.77. The molecule has 0 spiro atoms. The second-order valence-electron chi connectivity index (χ2n) is 4.91. The molecule has 0 saturated carbocycles. The van der Waals surface area contributed by atoms with Gasteiger partial charge in [-0.3, -0.25) is 0 Å². The number of aromatic nitrogens is 1. The number of ether oxygens (including phenoxy) is 1. The van der Waals surface area contributed by atoms with E-state index in [2.05, 4.69) is 41.8 Å². The van der Waals surface area contributed by atoms with Gasteiger partial charge in [0.15, 0.2) is 0 Å². The van der Waals surface area contributed by atoms with Crippen molar-refractivity contribution in [2.45, 2.75) is 13.5 Å². The second kappa shape index (κ2) is 5.29. The highest BCUT2D eigenvalue weighted by atomic mass is 16.5. The summed E-state index contributed by atoms with van der Waals surface area (Å²) < 4.78 is 8.05. The van der Waals surface area contributed by atoms with Gasteiger partial charge in [0, 0.05) is 16.9 Å². The minimum atomic E-state index is 0.642. The van der Waals surface area contributed by atoms with E-state index in [9.17, 15) is 0 Å². The number of fused-ring (bicyclic) bond motifs is 1. The maximum atomic E-state index is 5.76. The van der Waals surface area contributed by atoms with Crippen LogP contribution in [0.5, 0.6) is 5.75 Å². The standard InChI is InChI=1S/C17H18N2O/c1-13-12-14-4-2-3-5-17(14)19(13)10-11-20-16-8-6-15(18)7-9-16/h2-9,12H,10-11,18H2,1H3. The van der Waals surface area contributed by atoms with Crippen LogP contribution in [0.1, 0.15) is 5.69 Å². The van der Waals surface area contributed by atoms with E-state index in [1.807, 2.05) is 24.3 Å². The number of para-hydroxylation sites is 1. The summed E-state index contributed by atoms with van der Waals surface area (Å²) in [6.07, 6.45) is 0. The first kappa shape index (κ1) is 12.6. The minimum Gasteiger partial charge on any atom is -0.492 e. The molecule has 0 unspecified atom stereocenters. The van der Waals surface area contributed by atoms with Crippen LogP contribution >= 0.6 is 0 Å². The molecule has 0 saturated heterocycles. The number of nitrogens with zero attached hydrogens (tertiary/aromatic N) is 1. The Morgan fingerprint density at radius 1 is 1.05 bits per heavy atom. The van der Waals surface area contributed by atoms with Crippen molar-refractivity contribution in [2.75, 3.05) is 12.3 Å². The number of benzene rings is 2. The Hall–Kier alpha value is -2.42. The molecule has 102 valence electrons. The maximum Gasteiger partial charge on any atom is 0.119 e. The smallest absolute Gasteiger partial charge is 0.119 e. The molecule has 0 bridgehead atoms. The van der Waals surface area contributed by atoms with Gasteiger partial charge in [-0.2, -0.15) is 0 Å². The number of hydrogen-bond acceptors (Lipinski definition) is 2. The average Bonchev–Trinajstić information content (AvgIpc) is 2.77. The molecule has 0 amide bonds. The first-order valence-electron chi connectivity index (χ1n) is 6.77. The van der Waals surface area contributed by atoms with Gasteiger partial charge in [0.1, 0.15) is 12.4 Å². The van der Waals surface area contributed by atoms with Crippen molar-refractivity contribution >= 4 is 16.6 Å². The van der Waals surface area contributed by atoms with Crippen LogP contribution in [0.2, 0.25) is 0 Å².